The highest BCUT2D eigenvalue weighted by Crippen LogP contribution is 2.21. The molecule has 0 unspecified atom stereocenters. The summed E-state index contributed by atoms with van der Waals surface area (Å²) < 4.78 is 16.8. The molecule has 0 atom stereocenters. The first-order valence-corrected chi connectivity index (χ1v) is 8.43. The van der Waals surface area contributed by atoms with Gasteiger partial charge in [0, 0.05) is 43.8 Å². The second kappa shape index (κ2) is 7.29. The van der Waals surface area contributed by atoms with Crippen LogP contribution in [0.2, 0.25) is 5.02 Å². The van der Waals surface area contributed by atoms with Gasteiger partial charge in [-0.2, -0.15) is 5.10 Å². The summed E-state index contributed by atoms with van der Waals surface area (Å²) in [6.07, 6.45) is 3.49. The van der Waals surface area contributed by atoms with Crippen molar-refractivity contribution in [1.82, 2.24) is 24.2 Å². The second-order valence-corrected chi connectivity index (χ2v) is 6.55. The van der Waals surface area contributed by atoms with Gasteiger partial charge in [0.15, 0.2) is 5.69 Å². The highest BCUT2D eigenvalue weighted by atomic mass is 35.5. The molecule has 6 nitrogen and oxygen atoms in total. The van der Waals surface area contributed by atoms with Crippen LogP contribution in [0.25, 0.3) is 0 Å². The lowest BCUT2D eigenvalue weighted by molar-refractivity contribution is 0.0717. The number of aromatic nitrogens is 4. The minimum Gasteiger partial charge on any atom is -0.337 e. The molecule has 0 aliphatic heterocycles. The lowest BCUT2D eigenvalue weighted by atomic mass is 10.2. The van der Waals surface area contributed by atoms with Gasteiger partial charge in [-0.05, 0) is 30.7 Å². The smallest absolute Gasteiger partial charge is 0.275 e. The molecule has 8 heteroatoms. The van der Waals surface area contributed by atoms with E-state index in [4.69, 9.17) is 11.6 Å². The Morgan fingerprint density at radius 3 is 2.62 bits per heavy atom. The van der Waals surface area contributed by atoms with E-state index in [1.165, 1.54) is 12.1 Å². The standard InChI is InChI=1S/C18H19ClFN5O/c1-12-8-16(22-24(12)3)18(26)25(11-17-21-6-7-23(17)2)10-13-4-5-14(20)9-15(13)19/h4-9H,10-11H2,1-3H3. The largest absolute Gasteiger partial charge is 0.337 e. The normalized spacial score (nSPS) is 11.0. The van der Waals surface area contributed by atoms with Crippen molar-refractivity contribution in [2.45, 2.75) is 20.0 Å². The van der Waals surface area contributed by atoms with Crippen molar-refractivity contribution in [3.63, 3.8) is 0 Å². The van der Waals surface area contributed by atoms with E-state index < -0.39 is 5.82 Å². The molecular formula is C18H19ClFN5O. The molecule has 1 aromatic carbocycles. The van der Waals surface area contributed by atoms with Crippen LogP contribution in [0.4, 0.5) is 4.39 Å². The van der Waals surface area contributed by atoms with Crippen molar-refractivity contribution >= 4 is 17.5 Å². The van der Waals surface area contributed by atoms with Crippen LogP contribution in [0.3, 0.4) is 0 Å². The number of carbonyl (C=O) groups excluding carboxylic acids is 1. The van der Waals surface area contributed by atoms with Crippen molar-refractivity contribution in [2.24, 2.45) is 14.1 Å². The minimum atomic E-state index is -0.416. The van der Waals surface area contributed by atoms with E-state index in [-0.39, 0.29) is 24.0 Å². The number of imidazole rings is 1. The molecule has 3 rings (SSSR count). The third-order valence-corrected chi connectivity index (χ3v) is 4.60. The van der Waals surface area contributed by atoms with Gasteiger partial charge in [-0.25, -0.2) is 9.37 Å². The van der Waals surface area contributed by atoms with Crippen LogP contribution >= 0.6 is 11.6 Å². The number of rotatable bonds is 5. The summed E-state index contributed by atoms with van der Waals surface area (Å²) >= 11 is 6.15. The fourth-order valence-electron chi connectivity index (χ4n) is 2.60. The Kier molecular flexibility index (Phi) is 5.08. The van der Waals surface area contributed by atoms with Crippen LogP contribution in [-0.4, -0.2) is 30.1 Å². The van der Waals surface area contributed by atoms with E-state index >= 15 is 0 Å². The van der Waals surface area contributed by atoms with E-state index in [1.54, 1.807) is 35.0 Å². The molecule has 3 aromatic rings. The van der Waals surface area contributed by atoms with Gasteiger partial charge in [0.1, 0.15) is 11.6 Å². The molecule has 1 amide bonds. The average Bonchev–Trinajstić information content (AvgIpc) is 3.14. The SMILES string of the molecule is Cc1cc(C(=O)N(Cc2ccc(F)cc2Cl)Cc2nccn2C)nn1C. The van der Waals surface area contributed by atoms with Crippen LogP contribution in [0.5, 0.6) is 0 Å². The predicted octanol–water partition coefficient (Wildman–Crippen LogP) is 3.10. The van der Waals surface area contributed by atoms with E-state index in [2.05, 4.69) is 10.1 Å². The Hall–Kier alpha value is -2.67. The van der Waals surface area contributed by atoms with Crippen LogP contribution in [0, 0.1) is 12.7 Å². The number of nitrogens with zero attached hydrogens (tertiary/aromatic N) is 5. The summed E-state index contributed by atoms with van der Waals surface area (Å²) in [5, 5.41) is 4.54. The zero-order chi connectivity index (χ0) is 18.8. The Morgan fingerprint density at radius 1 is 1.27 bits per heavy atom. The number of hydrogen-bond donors (Lipinski definition) is 0. The number of hydrogen-bond acceptors (Lipinski definition) is 3. The first-order chi connectivity index (χ1) is 12.3. The van der Waals surface area contributed by atoms with Gasteiger partial charge in [-0.15, -0.1) is 0 Å². The minimum absolute atomic E-state index is 0.223. The van der Waals surface area contributed by atoms with Crippen molar-refractivity contribution in [3.8, 4) is 0 Å². The molecule has 0 aliphatic carbocycles. The maximum atomic E-state index is 13.3. The molecule has 0 spiro atoms. The quantitative estimate of drug-likeness (QED) is 0.688. The van der Waals surface area contributed by atoms with Crippen LogP contribution in [0.1, 0.15) is 27.6 Å². The molecule has 2 heterocycles. The Labute approximate surface area is 155 Å². The van der Waals surface area contributed by atoms with Gasteiger partial charge in [0.25, 0.3) is 5.91 Å². The van der Waals surface area contributed by atoms with Gasteiger partial charge in [0.2, 0.25) is 0 Å². The molecule has 0 saturated carbocycles. The van der Waals surface area contributed by atoms with Gasteiger partial charge < -0.3 is 9.47 Å². The molecule has 0 fully saturated rings. The number of carbonyl (C=O) groups is 1. The number of halogens is 2. The molecule has 0 bridgehead atoms. The molecule has 0 N–H and O–H groups in total. The Morgan fingerprint density at radius 2 is 2.04 bits per heavy atom. The van der Waals surface area contributed by atoms with Crippen LogP contribution < -0.4 is 0 Å². The molecule has 2 aromatic heterocycles. The summed E-state index contributed by atoms with van der Waals surface area (Å²) in [5.74, 6) is 0.0717. The summed E-state index contributed by atoms with van der Waals surface area (Å²) in [7, 11) is 3.65. The van der Waals surface area contributed by atoms with Gasteiger partial charge in [-0.3, -0.25) is 9.48 Å². The Balaban J connectivity index is 1.92. The van der Waals surface area contributed by atoms with E-state index in [1.807, 2.05) is 24.7 Å². The van der Waals surface area contributed by atoms with Crippen molar-refractivity contribution in [2.75, 3.05) is 0 Å². The van der Waals surface area contributed by atoms with Gasteiger partial charge in [0.05, 0.1) is 6.54 Å². The van der Waals surface area contributed by atoms with Crippen LogP contribution in [0.15, 0.2) is 36.7 Å². The van der Waals surface area contributed by atoms with E-state index in [9.17, 15) is 9.18 Å². The summed E-state index contributed by atoms with van der Waals surface area (Å²) in [4.78, 5) is 18.9. The molecular weight excluding hydrogens is 357 g/mol. The highest BCUT2D eigenvalue weighted by Gasteiger charge is 2.22. The zero-order valence-electron chi connectivity index (χ0n) is 14.8. The summed E-state index contributed by atoms with van der Waals surface area (Å²) in [6, 6.07) is 5.89. The monoisotopic (exact) mass is 375 g/mol. The van der Waals surface area contributed by atoms with Gasteiger partial charge in [-0.1, -0.05) is 17.7 Å². The maximum Gasteiger partial charge on any atom is 0.275 e. The third-order valence-electron chi connectivity index (χ3n) is 4.25. The molecule has 136 valence electrons. The first-order valence-electron chi connectivity index (χ1n) is 8.05. The maximum absolute atomic E-state index is 13.3. The number of aryl methyl sites for hydroxylation is 3. The van der Waals surface area contributed by atoms with Crippen molar-refractivity contribution in [1.29, 1.82) is 0 Å². The Bertz CT molecular complexity index is 929. The second-order valence-electron chi connectivity index (χ2n) is 6.15. The van der Waals surface area contributed by atoms with Crippen molar-refractivity contribution < 1.29 is 9.18 Å². The van der Waals surface area contributed by atoms with E-state index in [0.717, 1.165) is 11.5 Å². The lowest BCUT2D eigenvalue weighted by Gasteiger charge is -2.22. The topological polar surface area (TPSA) is 56.0 Å². The first kappa shape index (κ1) is 18.1. The summed E-state index contributed by atoms with van der Waals surface area (Å²) in [6.45, 7) is 2.38. The number of amides is 1. The van der Waals surface area contributed by atoms with Crippen LogP contribution in [-0.2, 0) is 27.2 Å². The predicted molar refractivity (Wildman–Crippen MR) is 96.1 cm³/mol. The molecule has 26 heavy (non-hydrogen) atoms. The average molecular weight is 376 g/mol. The lowest BCUT2D eigenvalue weighted by Crippen LogP contribution is -2.31. The summed E-state index contributed by atoms with van der Waals surface area (Å²) in [5.41, 5.74) is 1.88. The fourth-order valence-corrected chi connectivity index (χ4v) is 2.83. The van der Waals surface area contributed by atoms with Crippen molar-refractivity contribution in [3.05, 3.63) is 70.3 Å². The number of benzene rings is 1. The molecule has 0 radical (unpaired) electrons. The van der Waals surface area contributed by atoms with Gasteiger partial charge >= 0.3 is 0 Å². The van der Waals surface area contributed by atoms with E-state index in [0.29, 0.717) is 11.3 Å². The highest BCUT2D eigenvalue weighted by molar-refractivity contribution is 6.31. The molecule has 0 saturated heterocycles. The zero-order valence-corrected chi connectivity index (χ0v) is 15.5. The fraction of sp³-hybridized carbons (Fsp3) is 0.278. The molecule has 0 aliphatic rings. The third kappa shape index (κ3) is 3.77.